The Hall–Kier alpha value is -2.09. The molecule has 0 unspecified atom stereocenters. The maximum atomic E-state index is 13.4. The van der Waals surface area contributed by atoms with Gasteiger partial charge >= 0.3 is 0 Å². The number of hydrogen-bond acceptors (Lipinski definition) is 0. The number of benzene rings is 2. The van der Waals surface area contributed by atoms with Crippen molar-refractivity contribution in [3.05, 3.63) is 59.4 Å². The Balaban J connectivity index is 2.14. The van der Waals surface area contributed by atoms with Crippen LogP contribution < -0.4 is 0 Å². The number of fused-ring (bicyclic) bond motifs is 5. The smallest absolute Gasteiger partial charge is 0.125 e. The van der Waals surface area contributed by atoms with E-state index in [1.54, 1.807) is 12.1 Å². The van der Waals surface area contributed by atoms with Crippen LogP contribution in [0.1, 0.15) is 11.1 Å². The van der Waals surface area contributed by atoms with Gasteiger partial charge in [-0.1, -0.05) is 24.3 Å². The van der Waals surface area contributed by atoms with Gasteiger partial charge in [-0.2, -0.15) is 0 Å². The number of aromatic nitrogens is 1. The fraction of sp³-hybridized carbons (Fsp3) is 0.125. The Bertz CT molecular complexity index is 783. The Morgan fingerprint density at radius 3 is 2.83 bits per heavy atom. The second kappa shape index (κ2) is 3.22. The molecule has 4 rings (SSSR count). The molecular formula is C16H12FN. The van der Waals surface area contributed by atoms with Gasteiger partial charge in [-0.05, 0) is 29.3 Å². The van der Waals surface area contributed by atoms with E-state index in [0.717, 1.165) is 11.9 Å². The van der Waals surface area contributed by atoms with E-state index in [1.165, 1.54) is 27.8 Å². The van der Waals surface area contributed by atoms with Gasteiger partial charge in [0.25, 0.3) is 0 Å². The van der Waals surface area contributed by atoms with Crippen LogP contribution in [0.3, 0.4) is 0 Å². The first kappa shape index (κ1) is 9.89. The van der Waals surface area contributed by atoms with Crippen LogP contribution in [0.2, 0.25) is 0 Å². The molecule has 0 spiro atoms. The number of hydrogen-bond donors (Lipinski definition) is 0. The Morgan fingerprint density at radius 1 is 1.11 bits per heavy atom. The molecule has 2 heteroatoms. The SMILES string of the molecule is Cn1c2c(c3ccc(F)cc31)Cc1ccccc1-2. The summed E-state index contributed by atoms with van der Waals surface area (Å²) < 4.78 is 15.5. The Morgan fingerprint density at radius 2 is 1.94 bits per heavy atom. The van der Waals surface area contributed by atoms with Crippen molar-refractivity contribution in [3.63, 3.8) is 0 Å². The average Bonchev–Trinajstić information content (AvgIpc) is 2.87. The first-order chi connectivity index (χ1) is 8.75. The lowest BCUT2D eigenvalue weighted by molar-refractivity contribution is 0.629. The molecule has 0 amide bonds. The molecule has 1 aromatic heterocycles. The van der Waals surface area contributed by atoms with Crippen LogP contribution in [0.4, 0.5) is 4.39 Å². The van der Waals surface area contributed by atoms with Crippen molar-refractivity contribution in [2.24, 2.45) is 7.05 Å². The third-order valence-corrected chi connectivity index (χ3v) is 3.91. The molecule has 88 valence electrons. The Labute approximate surface area is 104 Å². The molecule has 18 heavy (non-hydrogen) atoms. The first-order valence-electron chi connectivity index (χ1n) is 6.11. The molecule has 0 radical (unpaired) electrons. The molecule has 0 saturated heterocycles. The first-order valence-corrected chi connectivity index (χ1v) is 6.11. The fourth-order valence-corrected chi connectivity index (χ4v) is 3.11. The minimum absolute atomic E-state index is 0.171. The lowest BCUT2D eigenvalue weighted by Gasteiger charge is -2.04. The van der Waals surface area contributed by atoms with Gasteiger partial charge in [0.1, 0.15) is 5.82 Å². The average molecular weight is 237 g/mol. The van der Waals surface area contributed by atoms with Crippen molar-refractivity contribution in [2.75, 3.05) is 0 Å². The van der Waals surface area contributed by atoms with Gasteiger partial charge in [0.05, 0.1) is 11.2 Å². The van der Waals surface area contributed by atoms with E-state index in [9.17, 15) is 4.39 Å². The third kappa shape index (κ3) is 1.10. The molecule has 1 heterocycles. The highest BCUT2D eigenvalue weighted by molar-refractivity contribution is 5.95. The second-order valence-corrected chi connectivity index (χ2v) is 4.88. The van der Waals surface area contributed by atoms with E-state index >= 15 is 0 Å². The van der Waals surface area contributed by atoms with Crippen molar-refractivity contribution in [1.29, 1.82) is 0 Å². The summed E-state index contributed by atoms with van der Waals surface area (Å²) in [6.45, 7) is 0. The highest BCUT2D eigenvalue weighted by Gasteiger charge is 2.24. The van der Waals surface area contributed by atoms with E-state index in [4.69, 9.17) is 0 Å². The summed E-state index contributed by atoms with van der Waals surface area (Å²) in [5.41, 5.74) is 6.20. The predicted molar refractivity (Wildman–Crippen MR) is 71.1 cm³/mol. The highest BCUT2D eigenvalue weighted by atomic mass is 19.1. The van der Waals surface area contributed by atoms with Gasteiger partial charge in [0.15, 0.2) is 0 Å². The lowest BCUT2D eigenvalue weighted by Crippen LogP contribution is -1.91. The number of rotatable bonds is 0. The maximum absolute atomic E-state index is 13.4. The van der Waals surface area contributed by atoms with E-state index in [2.05, 4.69) is 28.8 Å². The van der Waals surface area contributed by atoms with Crippen LogP contribution in [0.25, 0.3) is 22.2 Å². The van der Waals surface area contributed by atoms with Gasteiger partial charge < -0.3 is 4.57 Å². The van der Waals surface area contributed by atoms with Crippen molar-refractivity contribution in [3.8, 4) is 11.3 Å². The summed E-state index contributed by atoms with van der Waals surface area (Å²) >= 11 is 0. The number of halogens is 1. The van der Waals surface area contributed by atoms with Crippen LogP contribution in [0, 0.1) is 5.82 Å². The van der Waals surface area contributed by atoms with E-state index in [-0.39, 0.29) is 5.82 Å². The van der Waals surface area contributed by atoms with E-state index < -0.39 is 0 Å². The third-order valence-electron chi connectivity index (χ3n) is 3.91. The summed E-state index contributed by atoms with van der Waals surface area (Å²) in [6, 6.07) is 13.5. The quantitative estimate of drug-likeness (QED) is 0.437. The lowest BCUT2D eigenvalue weighted by atomic mass is 10.1. The van der Waals surface area contributed by atoms with Crippen molar-refractivity contribution >= 4 is 10.9 Å². The second-order valence-electron chi connectivity index (χ2n) is 4.88. The van der Waals surface area contributed by atoms with Crippen molar-refractivity contribution in [2.45, 2.75) is 6.42 Å². The zero-order valence-electron chi connectivity index (χ0n) is 10.1. The summed E-state index contributed by atoms with van der Waals surface area (Å²) in [5.74, 6) is -0.171. The van der Waals surface area contributed by atoms with Crippen molar-refractivity contribution < 1.29 is 4.39 Å². The van der Waals surface area contributed by atoms with Gasteiger partial charge in [-0.3, -0.25) is 0 Å². The molecular weight excluding hydrogens is 225 g/mol. The predicted octanol–water partition coefficient (Wildman–Crippen LogP) is 3.89. The summed E-state index contributed by atoms with van der Waals surface area (Å²) in [5, 5.41) is 1.17. The molecule has 3 aromatic rings. The molecule has 0 aliphatic heterocycles. The van der Waals surface area contributed by atoms with Gasteiger partial charge in [-0.25, -0.2) is 4.39 Å². The molecule has 0 bridgehead atoms. The summed E-state index contributed by atoms with van der Waals surface area (Å²) in [6.07, 6.45) is 0.953. The maximum Gasteiger partial charge on any atom is 0.125 e. The number of aryl methyl sites for hydroxylation is 1. The van der Waals surface area contributed by atoms with Crippen molar-refractivity contribution in [1.82, 2.24) is 4.57 Å². The van der Waals surface area contributed by atoms with E-state index in [0.29, 0.717) is 0 Å². The standard InChI is InChI=1S/C16H12FN/c1-18-15-9-11(17)6-7-13(15)14-8-10-4-2-3-5-12(10)16(14)18/h2-7,9H,8H2,1H3. The summed E-state index contributed by atoms with van der Waals surface area (Å²) in [4.78, 5) is 0. The number of nitrogens with zero attached hydrogens (tertiary/aromatic N) is 1. The zero-order chi connectivity index (χ0) is 12.3. The molecule has 0 atom stereocenters. The van der Waals surface area contributed by atoms with Gasteiger partial charge in [0, 0.05) is 24.4 Å². The molecule has 0 fully saturated rings. The molecule has 0 N–H and O–H groups in total. The normalized spacial score (nSPS) is 12.8. The highest BCUT2D eigenvalue weighted by Crippen LogP contribution is 2.42. The fourth-order valence-electron chi connectivity index (χ4n) is 3.11. The monoisotopic (exact) mass is 237 g/mol. The van der Waals surface area contributed by atoms with Crippen LogP contribution >= 0.6 is 0 Å². The van der Waals surface area contributed by atoms with Crippen LogP contribution in [-0.4, -0.2) is 4.57 Å². The molecule has 1 aliphatic carbocycles. The molecule has 1 nitrogen and oxygen atoms in total. The minimum atomic E-state index is -0.171. The summed E-state index contributed by atoms with van der Waals surface area (Å²) in [7, 11) is 2.02. The van der Waals surface area contributed by atoms with Crippen LogP contribution in [0.15, 0.2) is 42.5 Å². The largest absolute Gasteiger partial charge is 0.343 e. The minimum Gasteiger partial charge on any atom is -0.343 e. The molecule has 1 aliphatic rings. The Kier molecular flexibility index (Phi) is 1.77. The van der Waals surface area contributed by atoms with Gasteiger partial charge in [-0.15, -0.1) is 0 Å². The molecule has 2 aromatic carbocycles. The molecule has 0 saturated carbocycles. The van der Waals surface area contributed by atoms with Crippen LogP contribution in [0.5, 0.6) is 0 Å². The van der Waals surface area contributed by atoms with Crippen LogP contribution in [-0.2, 0) is 13.5 Å². The van der Waals surface area contributed by atoms with Gasteiger partial charge in [0.2, 0.25) is 0 Å². The topological polar surface area (TPSA) is 4.93 Å². The van der Waals surface area contributed by atoms with E-state index in [1.807, 2.05) is 13.1 Å². The zero-order valence-corrected chi connectivity index (χ0v) is 10.1.